The summed E-state index contributed by atoms with van der Waals surface area (Å²) in [6.45, 7) is 10.1. The van der Waals surface area contributed by atoms with Gasteiger partial charge in [0, 0.05) is 6.42 Å². The topological polar surface area (TPSA) is 68.0 Å². The average molecular weight is 392 g/mol. The number of anilines is 1. The lowest BCUT2D eigenvalue weighted by atomic mass is 9.92. The van der Waals surface area contributed by atoms with Crippen LogP contribution in [0.3, 0.4) is 0 Å². The zero-order chi connectivity index (χ0) is 19.1. The maximum absolute atomic E-state index is 12.6. The highest BCUT2D eigenvalue weighted by Crippen LogP contribution is 2.31. The number of aryl methyl sites for hydroxylation is 1. The third kappa shape index (κ3) is 4.07. The van der Waals surface area contributed by atoms with Crippen LogP contribution in [0, 0.1) is 12.3 Å². The second kappa shape index (κ2) is 7.00. The number of aromatic nitrogens is 2. The predicted molar refractivity (Wildman–Crippen MR) is 106 cm³/mol. The Morgan fingerprint density at radius 3 is 2.73 bits per heavy atom. The molecular weight excluding hydrogens is 370 g/mol. The quantitative estimate of drug-likeness (QED) is 0.630. The fourth-order valence-electron chi connectivity index (χ4n) is 2.60. The van der Waals surface area contributed by atoms with Crippen LogP contribution < -0.4 is 5.32 Å². The van der Waals surface area contributed by atoms with Crippen molar-refractivity contribution in [3.63, 3.8) is 0 Å². The molecule has 138 valence electrons. The van der Waals surface area contributed by atoms with Crippen molar-refractivity contribution in [2.24, 2.45) is 5.41 Å². The Kier molecular flexibility index (Phi) is 5.08. The van der Waals surface area contributed by atoms with E-state index in [1.54, 1.807) is 0 Å². The molecule has 2 heterocycles. The van der Waals surface area contributed by atoms with Gasteiger partial charge >= 0.3 is 0 Å². The van der Waals surface area contributed by atoms with E-state index >= 15 is 0 Å². The first-order valence-electron chi connectivity index (χ1n) is 8.46. The lowest BCUT2D eigenvalue weighted by Gasteiger charge is -2.14. The van der Waals surface area contributed by atoms with Gasteiger partial charge in [0.15, 0.2) is 11.5 Å². The number of fused-ring (bicyclic) bond motifs is 1. The predicted octanol–water partition coefficient (Wildman–Crippen LogP) is 5.58. The number of carbonyl (C=O) groups is 1. The molecule has 0 spiro atoms. The number of oxazole rings is 1. The van der Waals surface area contributed by atoms with Crippen molar-refractivity contribution >= 4 is 45.1 Å². The third-order valence-electron chi connectivity index (χ3n) is 4.06. The first-order valence-corrected chi connectivity index (χ1v) is 9.61. The Morgan fingerprint density at radius 1 is 1.38 bits per heavy atom. The van der Waals surface area contributed by atoms with Gasteiger partial charge in [-0.2, -0.15) is 4.37 Å². The number of carbonyl (C=O) groups excluding carboxylic acids is 1. The van der Waals surface area contributed by atoms with Gasteiger partial charge in [0.2, 0.25) is 5.91 Å². The van der Waals surface area contributed by atoms with Crippen LogP contribution in [-0.2, 0) is 11.2 Å². The molecule has 0 saturated heterocycles. The summed E-state index contributed by atoms with van der Waals surface area (Å²) >= 11 is 7.33. The van der Waals surface area contributed by atoms with Crippen LogP contribution in [0.2, 0.25) is 5.02 Å². The van der Waals surface area contributed by atoms with Gasteiger partial charge in [-0.1, -0.05) is 38.4 Å². The number of hydrogen-bond acceptors (Lipinski definition) is 5. The molecule has 0 saturated carbocycles. The Bertz CT molecular complexity index is 955. The molecule has 0 fully saturated rings. The van der Waals surface area contributed by atoms with Gasteiger partial charge < -0.3 is 9.73 Å². The maximum Gasteiger partial charge on any atom is 0.232 e. The van der Waals surface area contributed by atoms with Crippen LogP contribution in [-0.4, -0.2) is 15.3 Å². The molecule has 2 aromatic heterocycles. The summed E-state index contributed by atoms with van der Waals surface area (Å²) in [5.74, 6) is 0.239. The molecule has 0 aliphatic heterocycles. The summed E-state index contributed by atoms with van der Waals surface area (Å²) in [5.41, 5.74) is 3.20. The van der Waals surface area contributed by atoms with E-state index in [-0.39, 0.29) is 17.2 Å². The largest absolute Gasteiger partial charge is 0.441 e. The number of nitrogens with zero attached hydrogens (tertiary/aromatic N) is 2. The van der Waals surface area contributed by atoms with E-state index < -0.39 is 0 Å². The minimum Gasteiger partial charge on any atom is -0.441 e. The normalized spacial score (nSPS) is 13.2. The van der Waals surface area contributed by atoms with Crippen molar-refractivity contribution in [1.29, 1.82) is 0 Å². The van der Waals surface area contributed by atoms with E-state index in [1.165, 1.54) is 11.5 Å². The molecular formula is C19H22ClN3O2S. The number of hydrogen-bond donors (Lipinski definition) is 1. The Balaban J connectivity index is 1.80. The molecule has 0 aliphatic carbocycles. The van der Waals surface area contributed by atoms with Crippen molar-refractivity contribution < 1.29 is 9.21 Å². The molecule has 1 unspecified atom stereocenters. The van der Waals surface area contributed by atoms with Crippen molar-refractivity contribution in [2.75, 3.05) is 5.32 Å². The van der Waals surface area contributed by atoms with Crippen LogP contribution >= 0.6 is 23.1 Å². The number of nitrogens with one attached hydrogen (secondary N) is 1. The Labute approximate surface area is 161 Å². The standard InChI is InChI=1S/C19H22ClN3O2S/c1-10(17(24)22-18-16(20)11(2)23-26-18)12-6-7-14-13(8-12)21-15(25-14)9-19(3,4)5/h6-8,10H,9H2,1-5H3,(H,22,24). The first-order chi connectivity index (χ1) is 12.1. The van der Waals surface area contributed by atoms with Crippen LogP contribution in [0.4, 0.5) is 5.00 Å². The molecule has 26 heavy (non-hydrogen) atoms. The van der Waals surface area contributed by atoms with E-state index in [4.69, 9.17) is 16.0 Å². The third-order valence-corrected chi connectivity index (χ3v) is 5.49. The van der Waals surface area contributed by atoms with E-state index in [0.717, 1.165) is 28.8 Å². The lowest BCUT2D eigenvalue weighted by molar-refractivity contribution is -0.117. The van der Waals surface area contributed by atoms with Crippen LogP contribution in [0.5, 0.6) is 0 Å². The summed E-state index contributed by atoms with van der Waals surface area (Å²) in [6, 6.07) is 5.68. The molecule has 5 nitrogen and oxygen atoms in total. The van der Waals surface area contributed by atoms with Gasteiger partial charge in [-0.15, -0.1) is 0 Å². The molecule has 1 N–H and O–H groups in total. The van der Waals surface area contributed by atoms with Crippen molar-refractivity contribution in [3.05, 3.63) is 40.4 Å². The van der Waals surface area contributed by atoms with E-state index in [2.05, 4.69) is 35.4 Å². The van der Waals surface area contributed by atoms with Gasteiger partial charge in [0.25, 0.3) is 0 Å². The van der Waals surface area contributed by atoms with E-state index in [1.807, 2.05) is 32.0 Å². The fraction of sp³-hybridized carbons (Fsp3) is 0.421. The summed E-state index contributed by atoms with van der Waals surface area (Å²) in [6.07, 6.45) is 0.760. The number of amides is 1. The van der Waals surface area contributed by atoms with Gasteiger partial charge in [-0.05, 0) is 48.5 Å². The highest BCUT2D eigenvalue weighted by atomic mass is 35.5. The van der Waals surface area contributed by atoms with Gasteiger partial charge in [-0.25, -0.2) is 4.98 Å². The maximum atomic E-state index is 12.6. The smallest absolute Gasteiger partial charge is 0.232 e. The molecule has 3 rings (SSSR count). The lowest BCUT2D eigenvalue weighted by Crippen LogP contribution is -2.18. The van der Waals surface area contributed by atoms with Crippen molar-refractivity contribution in [1.82, 2.24) is 9.36 Å². The summed E-state index contributed by atoms with van der Waals surface area (Å²) in [7, 11) is 0. The highest BCUT2D eigenvalue weighted by Gasteiger charge is 2.21. The fourth-order valence-corrected chi connectivity index (χ4v) is 3.54. The molecule has 0 bridgehead atoms. The van der Waals surface area contributed by atoms with E-state index in [9.17, 15) is 4.79 Å². The van der Waals surface area contributed by atoms with Crippen molar-refractivity contribution in [2.45, 2.75) is 47.0 Å². The Hall–Kier alpha value is -1.92. The first kappa shape index (κ1) is 18.9. The molecule has 3 aromatic rings. The summed E-state index contributed by atoms with van der Waals surface area (Å²) in [4.78, 5) is 17.1. The zero-order valence-electron chi connectivity index (χ0n) is 15.5. The minimum atomic E-state index is -0.347. The highest BCUT2D eigenvalue weighted by molar-refractivity contribution is 7.11. The van der Waals surface area contributed by atoms with Crippen molar-refractivity contribution in [3.8, 4) is 0 Å². The van der Waals surface area contributed by atoms with Gasteiger partial charge in [0.1, 0.15) is 10.5 Å². The second-order valence-electron chi connectivity index (χ2n) is 7.69. The van der Waals surface area contributed by atoms with Gasteiger partial charge in [0.05, 0.1) is 16.6 Å². The molecule has 0 aliphatic rings. The number of rotatable bonds is 4. The summed E-state index contributed by atoms with van der Waals surface area (Å²) < 4.78 is 9.96. The van der Waals surface area contributed by atoms with E-state index in [0.29, 0.717) is 15.9 Å². The Morgan fingerprint density at radius 2 is 2.12 bits per heavy atom. The molecule has 1 aromatic carbocycles. The minimum absolute atomic E-state index is 0.100. The molecule has 1 amide bonds. The molecule has 7 heteroatoms. The summed E-state index contributed by atoms with van der Waals surface area (Å²) in [5, 5.41) is 3.93. The number of benzene rings is 1. The van der Waals surface area contributed by atoms with Crippen LogP contribution in [0.15, 0.2) is 22.6 Å². The SMILES string of the molecule is Cc1nsc(NC(=O)C(C)c2ccc3oc(CC(C)(C)C)nc3c2)c1Cl. The monoisotopic (exact) mass is 391 g/mol. The number of halogens is 1. The second-order valence-corrected chi connectivity index (χ2v) is 8.85. The molecule has 1 atom stereocenters. The zero-order valence-corrected chi connectivity index (χ0v) is 17.1. The average Bonchev–Trinajstić information content (AvgIpc) is 3.08. The molecule has 0 radical (unpaired) electrons. The van der Waals surface area contributed by atoms with Crippen LogP contribution in [0.25, 0.3) is 11.1 Å². The van der Waals surface area contributed by atoms with Gasteiger partial charge in [-0.3, -0.25) is 4.79 Å². The van der Waals surface area contributed by atoms with Crippen LogP contribution in [0.1, 0.15) is 50.8 Å².